The number of benzene rings is 1. The Balaban J connectivity index is 3.36. The maximum Gasteiger partial charge on any atom is 0.136 e. The molecule has 0 spiro atoms. The van der Waals surface area contributed by atoms with Gasteiger partial charge in [-0.2, -0.15) is 0 Å². The van der Waals surface area contributed by atoms with Gasteiger partial charge in [-0.25, -0.2) is 0 Å². The van der Waals surface area contributed by atoms with Crippen LogP contribution < -0.4 is 0 Å². The van der Waals surface area contributed by atoms with E-state index in [4.69, 9.17) is 5.11 Å². The molecular weight excluding hydrogens is 278 g/mol. The lowest BCUT2D eigenvalue weighted by Crippen LogP contribution is -1.71. The van der Waals surface area contributed by atoms with Crippen molar-refractivity contribution in [3.05, 3.63) is 26.0 Å². The Morgan fingerprint density at radius 1 is 1.27 bits per heavy atom. The summed E-state index contributed by atoms with van der Waals surface area (Å²) < 4.78 is 0.943. The Morgan fingerprint density at radius 2 is 1.73 bits per heavy atom. The van der Waals surface area contributed by atoms with E-state index in [1.807, 2.05) is 0 Å². The van der Waals surface area contributed by atoms with Crippen LogP contribution in [0.4, 0.5) is 5.69 Å². The first-order valence-corrected chi connectivity index (χ1v) is 4.25. The van der Waals surface area contributed by atoms with Crippen LogP contribution in [0.1, 0.15) is 0 Å². The molecule has 0 heterocycles. The quantitative estimate of drug-likeness (QED) is 0.803. The van der Waals surface area contributed by atoms with Gasteiger partial charge in [0.2, 0.25) is 0 Å². The van der Waals surface area contributed by atoms with E-state index in [1.165, 1.54) is 12.1 Å². The Morgan fingerprint density at radius 3 is 2.09 bits per heavy atom. The van der Waals surface area contributed by atoms with Crippen molar-refractivity contribution in [3.63, 3.8) is 0 Å². The van der Waals surface area contributed by atoms with Gasteiger partial charge >= 0.3 is 0 Å². The van der Waals surface area contributed by atoms with Crippen molar-refractivity contribution in [1.29, 1.82) is 0 Å². The Hall–Kier alpha value is -0.420. The third kappa shape index (κ3) is 1.78. The lowest BCUT2D eigenvalue weighted by molar-refractivity contribution is 0.474. The van der Waals surface area contributed by atoms with E-state index in [9.17, 15) is 4.91 Å². The molecule has 1 rings (SSSR count). The molecule has 0 unspecified atom stereocenters. The number of hydrogen-bond donors (Lipinski definition) is 1. The molecule has 0 aliphatic rings. The molecule has 1 aromatic rings. The molecule has 1 N–H and O–H groups in total. The minimum absolute atomic E-state index is 0.0798. The Bertz CT molecular complexity index is 278. The van der Waals surface area contributed by atoms with Crippen LogP contribution in [0.3, 0.4) is 0 Å². The first-order valence-electron chi connectivity index (χ1n) is 2.66. The zero-order chi connectivity index (χ0) is 8.43. The Kier molecular flexibility index (Phi) is 2.62. The van der Waals surface area contributed by atoms with Crippen LogP contribution in [0, 0.1) is 4.91 Å². The van der Waals surface area contributed by atoms with Gasteiger partial charge in [-0.05, 0) is 49.2 Å². The number of phenolic OH excluding ortho intramolecular Hbond substituents is 1. The summed E-state index contributed by atoms with van der Waals surface area (Å²) in [5.74, 6) is 0.0798. The first-order chi connectivity index (χ1) is 5.15. The minimum Gasteiger partial charge on any atom is -0.508 e. The largest absolute Gasteiger partial charge is 0.508 e. The summed E-state index contributed by atoms with van der Waals surface area (Å²) in [5, 5.41) is 11.8. The number of rotatable bonds is 1. The van der Waals surface area contributed by atoms with Crippen LogP contribution in [-0.2, 0) is 0 Å². The third-order valence-electron chi connectivity index (χ3n) is 1.09. The van der Waals surface area contributed by atoms with Gasteiger partial charge in [0.25, 0.3) is 0 Å². The summed E-state index contributed by atoms with van der Waals surface area (Å²) in [6.07, 6.45) is 0. The van der Waals surface area contributed by atoms with Gasteiger partial charge in [-0.3, -0.25) is 0 Å². The van der Waals surface area contributed by atoms with Gasteiger partial charge in [0.15, 0.2) is 0 Å². The van der Waals surface area contributed by atoms with Crippen molar-refractivity contribution in [3.8, 4) is 5.75 Å². The smallest absolute Gasteiger partial charge is 0.136 e. The van der Waals surface area contributed by atoms with Crippen LogP contribution in [0.15, 0.2) is 26.3 Å². The minimum atomic E-state index is 0.0798. The SMILES string of the molecule is O=Nc1c(Br)cc(O)cc1Br. The molecule has 0 amide bonds. The monoisotopic (exact) mass is 279 g/mol. The fourth-order valence-corrected chi connectivity index (χ4v) is 1.95. The summed E-state index contributed by atoms with van der Waals surface area (Å²) in [7, 11) is 0. The molecular formula is C6H3Br2NO2. The highest BCUT2D eigenvalue weighted by Crippen LogP contribution is 2.36. The van der Waals surface area contributed by atoms with Crippen molar-refractivity contribution in [2.45, 2.75) is 0 Å². The lowest BCUT2D eigenvalue weighted by Gasteiger charge is -1.98. The number of aromatic hydroxyl groups is 1. The molecule has 0 saturated carbocycles. The number of phenols is 1. The van der Waals surface area contributed by atoms with E-state index in [2.05, 4.69) is 37.0 Å². The fraction of sp³-hybridized carbons (Fsp3) is 0. The third-order valence-corrected chi connectivity index (χ3v) is 2.30. The van der Waals surface area contributed by atoms with Crippen LogP contribution >= 0.6 is 31.9 Å². The van der Waals surface area contributed by atoms with Crippen molar-refractivity contribution in [2.24, 2.45) is 5.18 Å². The molecule has 5 heteroatoms. The number of nitrogens with zero attached hydrogens (tertiary/aromatic N) is 1. The fourth-order valence-electron chi connectivity index (χ4n) is 0.639. The van der Waals surface area contributed by atoms with E-state index in [0.717, 1.165) is 0 Å². The van der Waals surface area contributed by atoms with E-state index in [0.29, 0.717) is 8.95 Å². The molecule has 58 valence electrons. The summed E-state index contributed by atoms with van der Waals surface area (Å²) in [6.45, 7) is 0. The standard InChI is InChI=1S/C6H3Br2NO2/c7-4-1-3(10)2-5(8)6(4)9-11/h1-2,10H. The van der Waals surface area contributed by atoms with E-state index >= 15 is 0 Å². The van der Waals surface area contributed by atoms with E-state index in [-0.39, 0.29) is 11.4 Å². The van der Waals surface area contributed by atoms with Crippen molar-refractivity contribution in [1.82, 2.24) is 0 Å². The predicted octanol–water partition coefficient (Wildman–Crippen LogP) is 3.32. The molecule has 11 heavy (non-hydrogen) atoms. The zero-order valence-corrected chi connectivity index (χ0v) is 8.39. The number of hydrogen-bond acceptors (Lipinski definition) is 3. The zero-order valence-electron chi connectivity index (χ0n) is 5.21. The highest BCUT2D eigenvalue weighted by atomic mass is 79.9. The van der Waals surface area contributed by atoms with Crippen LogP contribution in [0.5, 0.6) is 5.75 Å². The average molecular weight is 281 g/mol. The summed E-state index contributed by atoms with van der Waals surface area (Å²) in [6, 6.07) is 2.81. The van der Waals surface area contributed by atoms with Gasteiger partial charge in [-0.1, -0.05) is 0 Å². The maximum atomic E-state index is 10.2. The van der Waals surface area contributed by atoms with Crippen LogP contribution in [0.2, 0.25) is 0 Å². The van der Waals surface area contributed by atoms with Gasteiger partial charge in [0.05, 0.1) is 8.95 Å². The second kappa shape index (κ2) is 3.32. The molecule has 3 nitrogen and oxygen atoms in total. The van der Waals surface area contributed by atoms with E-state index in [1.54, 1.807) is 0 Å². The lowest BCUT2D eigenvalue weighted by atomic mass is 10.3. The second-order valence-corrected chi connectivity index (χ2v) is 3.56. The topological polar surface area (TPSA) is 49.7 Å². The predicted molar refractivity (Wildman–Crippen MR) is 49.0 cm³/mol. The summed E-state index contributed by atoms with van der Waals surface area (Å²) in [5.41, 5.74) is 0.253. The molecule has 1 aromatic carbocycles. The van der Waals surface area contributed by atoms with Crippen molar-refractivity contribution in [2.75, 3.05) is 0 Å². The summed E-state index contributed by atoms with van der Waals surface area (Å²) in [4.78, 5) is 10.2. The molecule has 0 fully saturated rings. The molecule has 0 atom stereocenters. The van der Waals surface area contributed by atoms with Crippen molar-refractivity contribution < 1.29 is 5.11 Å². The normalized spacial score (nSPS) is 9.64. The summed E-state index contributed by atoms with van der Waals surface area (Å²) >= 11 is 6.15. The molecule has 0 aliphatic heterocycles. The highest BCUT2D eigenvalue weighted by molar-refractivity contribution is 9.11. The molecule has 0 aliphatic carbocycles. The van der Waals surface area contributed by atoms with Crippen LogP contribution in [-0.4, -0.2) is 5.11 Å². The van der Waals surface area contributed by atoms with Gasteiger partial charge in [0, 0.05) is 0 Å². The maximum absolute atomic E-state index is 10.2. The van der Waals surface area contributed by atoms with E-state index < -0.39 is 0 Å². The highest BCUT2D eigenvalue weighted by Gasteiger charge is 2.06. The molecule has 0 bridgehead atoms. The van der Waals surface area contributed by atoms with Crippen LogP contribution in [0.25, 0.3) is 0 Å². The van der Waals surface area contributed by atoms with Gasteiger partial charge < -0.3 is 5.11 Å². The van der Waals surface area contributed by atoms with Crippen molar-refractivity contribution >= 4 is 37.5 Å². The molecule has 0 saturated heterocycles. The molecule has 0 aromatic heterocycles. The average Bonchev–Trinajstić information content (AvgIpc) is 1.85. The first kappa shape index (κ1) is 8.67. The second-order valence-electron chi connectivity index (χ2n) is 1.85. The van der Waals surface area contributed by atoms with Gasteiger partial charge in [-0.15, -0.1) is 4.91 Å². The number of nitroso groups, excluding NO2 is 1. The molecule has 0 radical (unpaired) electrons. The Labute approximate surface area is 79.7 Å². The number of halogens is 2. The van der Waals surface area contributed by atoms with Gasteiger partial charge in [0.1, 0.15) is 11.4 Å².